The molecule has 3 N–H and O–H groups in total. The first-order valence-electron chi connectivity index (χ1n) is 7.13. The van der Waals surface area contributed by atoms with Crippen molar-refractivity contribution in [3.05, 3.63) is 64.1 Å². The molecular formula is C17H16BrNO5. The van der Waals surface area contributed by atoms with Gasteiger partial charge in [-0.3, -0.25) is 0 Å². The fourth-order valence-electron chi connectivity index (χ4n) is 2.03. The fraction of sp³-hybridized carbons (Fsp3) is 0.176. The molecule has 0 aliphatic rings. The second kappa shape index (κ2) is 8.35. The van der Waals surface area contributed by atoms with Gasteiger partial charge in [-0.05, 0) is 23.3 Å². The normalized spacial score (nSPS) is 11.5. The van der Waals surface area contributed by atoms with Crippen LogP contribution in [0.3, 0.4) is 0 Å². The summed E-state index contributed by atoms with van der Waals surface area (Å²) in [6.45, 7) is 0.0575. The van der Waals surface area contributed by atoms with E-state index in [2.05, 4.69) is 21.2 Å². The zero-order valence-corrected chi connectivity index (χ0v) is 14.2. The molecular weight excluding hydrogens is 378 g/mol. The third-order valence-electron chi connectivity index (χ3n) is 3.26. The van der Waals surface area contributed by atoms with Gasteiger partial charge in [-0.2, -0.15) is 0 Å². The maximum Gasteiger partial charge on any atom is 0.408 e. The number of carbonyl (C=O) groups is 2. The highest BCUT2D eigenvalue weighted by molar-refractivity contribution is 9.10. The van der Waals surface area contributed by atoms with Gasteiger partial charge in [0.25, 0.3) is 0 Å². The third kappa shape index (κ3) is 5.27. The number of nitrogens with one attached hydrogen (secondary N) is 1. The molecule has 0 radical (unpaired) electrons. The van der Waals surface area contributed by atoms with Crippen molar-refractivity contribution in [2.45, 2.75) is 19.1 Å². The number of aromatic hydroxyl groups is 1. The molecule has 0 heterocycles. The number of hydrogen-bond donors (Lipinski definition) is 3. The van der Waals surface area contributed by atoms with Crippen molar-refractivity contribution < 1.29 is 24.5 Å². The van der Waals surface area contributed by atoms with Crippen molar-refractivity contribution in [2.24, 2.45) is 0 Å². The van der Waals surface area contributed by atoms with Crippen LogP contribution in [-0.4, -0.2) is 28.3 Å². The lowest BCUT2D eigenvalue weighted by atomic mass is 10.1. The largest absolute Gasteiger partial charge is 0.508 e. The predicted octanol–water partition coefficient (Wildman–Crippen LogP) is 3.08. The standard InChI is InChI=1S/C17H16BrNO5/c18-14-9-13(20)7-6-12(14)8-15(16(21)22)19-17(23)24-10-11-4-2-1-3-5-11/h1-7,9,15,20H,8,10H2,(H,19,23)(H,21,22)/t15-/m0/s1. The van der Waals surface area contributed by atoms with Crippen LogP contribution in [0.15, 0.2) is 53.0 Å². The molecule has 0 fully saturated rings. The molecule has 7 heteroatoms. The minimum atomic E-state index is -1.17. The van der Waals surface area contributed by atoms with Crippen molar-refractivity contribution >= 4 is 28.0 Å². The zero-order valence-electron chi connectivity index (χ0n) is 12.6. The van der Waals surface area contributed by atoms with Crippen LogP contribution in [0.2, 0.25) is 0 Å². The number of carbonyl (C=O) groups excluding carboxylic acids is 1. The molecule has 0 bridgehead atoms. The van der Waals surface area contributed by atoms with Crippen LogP contribution in [0.4, 0.5) is 4.79 Å². The average Bonchev–Trinajstić information content (AvgIpc) is 2.55. The lowest BCUT2D eigenvalue weighted by Gasteiger charge is -2.15. The minimum absolute atomic E-state index is 0.0522. The van der Waals surface area contributed by atoms with E-state index in [4.69, 9.17) is 4.74 Å². The number of alkyl carbamates (subject to hydrolysis) is 1. The molecule has 0 aliphatic heterocycles. The number of aliphatic carboxylic acids is 1. The molecule has 0 aromatic heterocycles. The molecule has 2 aromatic carbocycles. The maximum atomic E-state index is 11.8. The highest BCUT2D eigenvalue weighted by Gasteiger charge is 2.22. The van der Waals surface area contributed by atoms with Gasteiger partial charge in [0.1, 0.15) is 18.4 Å². The number of benzene rings is 2. The first kappa shape index (κ1) is 17.8. The van der Waals surface area contributed by atoms with Crippen molar-refractivity contribution in [3.63, 3.8) is 0 Å². The van der Waals surface area contributed by atoms with Crippen LogP contribution in [0.5, 0.6) is 5.75 Å². The Morgan fingerprint density at radius 2 is 1.88 bits per heavy atom. The molecule has 1 amide bonds. The molecule has 2 aromatic rings. The molecule has 1 atom stereocenters. The second-order valence-corrected chi connectivity index (χ2v) is 5.93. The number of ether oxygens (including phenoxy) is 1. The van der Waals surface area contributed by atoms with E-state index in [1.165, 1.54) is 12.1 Å². The van der Waals surface area contributed by atoms with Crippen molar-refractivity contribution in [2.75, 3.05) is 0 Å². The Labute approximate surface area is 147 Å². The van der Waals surface area contributed by atoms with Crippen LogP contribution in [0.25, 0.3) is 0 Å². The van der Waals surface area contributed by atoms with Crippen molar-refractivity contribution in [1.82, 2.24) is 5.32 Å². The Bertz CT molecular complexity index is 720. The number of carboxylic acids is 1. The van der Waals surface area contributed by atoms with Gasteiger partial charge in [-0.25, -0.2) is 9.59 Å². The van der Waals surface area contributed by atoms with Crippen LogP contribution >= 0.6 is 15.9 Å². The maximum absolute atomic E-state index is 11.8. The summed E-state index contributed by atoms with van der Waals surface area (Å²) in [4.78, 5) is 23.2. The number of phenolic OH excluding ortho intramolecular Hbond substituents is 1. The number of hydrogen-bond acceptors (Lipinski definition) is 4. The van der Waals surface area contributed by atoms with Crippen LogP contribution in [0, 0.1) is 0 Å². The van der Waals surface area contributed by atoms with Gasteiger partial charge in [-0.1, -0.05) is 52.3 Å². The van der Waals surface area contributed by atoms with Crippen molar-refractivity contribution in [3.8, 4) is 5.75 Å². The highest BCUT2D eigenvalue weighted by atomic mass is 79.9. The Balaban J connectivity index is 1.95. The van der Waals surface area contributed by atoms with Crippen LogP contribution < -0.4 is 5.32 Å². The number of amides is 1. The molecule has 126 valence electrons. The van der Waals surface area contributed by atoms with E-state index in [1.807, 2.05) is 18.2 Å². The smallest absolute Gasteiger partial charge is 0.408 e. The molecule has 0 saturated heterocycles. The summed E-state index contributed by atoms with van der Waals surface area (Å²) in [6.07, 6.45) is -0.752. The summed E-state index contributed by atoms with van der Waals surface area (Å²) in [6, 6.07) is 12.4. The van der Waals surface area contributed by atoms with E-state index in [0.29, 0.717) is 10.0 Å². The highest BCUT2D eigenvalue weighted by Crippen LogP contribution is 2.23. The lowest BCUT2D eigenvalue weighted by Crippen LogP contribution is -2.42. The van der Waals surface area contributed by atoms with Gasteiger partial charge in [0.2, 0.25) is 0 Å². The van der Waals surface area contributed by atoms with E-state index in [0.717, 1.165) is 5.56 Å². The number of phenols is 1. The monoisotopic (exact) mass is 393 g/mol. The molecule has 24 heavy (non-hydrogen) atoms. The topological polar surface area (TPSA) is 95.9 Å². The summed E-state index contributed by atoms with van der Waals surface area (Å²) in [5, 5.41) is 21.0. The molecule has 0 spiro atoms. The number of halogens is 1. The molecule has 0 aliphatic carbocycles. The average molecular weight is 394 g/mol. The Hall–Kier alpha value is -2.54. The van der Waals surface area contributed by atoms with E-state index < -0.39 is 18.1 Å². The number of carboxylic acid groups (broad SMARTS) is 1. The summed E-state index contributed by atoms with van der Waals surface area (Å²) in [5.41, 5.74) is 1.45. The second-order valence-electron chi connectivity index (χ2n) is 5.08. The van der Waals surface area contributed by atoms with E-state index >= 15 is 0 Å². The lowest BCUT2D eigenvalue weighted by molar-refractivity contribution is -0.139. The van der Waals surface area contributed by atoms with E-state index in [1.54, 1.807) is 18.2 Å². The van der Waals surface area contributed by atoms with Gasteiger partial charge >= 0.3 is 12.1 Å². The van der Waals surface area contributed by atoms with Gasteiger partial charge in [-0.15, -0.1) is 0 Å². The fourth-order valence-corrected chi connectivity index (χ4v) is 2.56. The Kier molecular flexibility index (Phi) is 6.20. The first-order valence-corrected chi connectivity index (χ1v) is 7.92. The molecule has 6 nitrogen and oxygen atoms in total. The van der Waals surface area contributed by atoms with Crippen LogP contribution in [0.1, 0.15) is 11.1 Å². The summed E-state index contributed by atoms with van der Waals surface area (Å²) in [7, 11) is 0. The van der Waals surface area contributed by atoms with Gasteiger partial charge in [0.15, 0.2) is 0 Å². The summed E-state index contributed by atoms with van der Waals surface area (Å²) >= 11 is 3.26. The van der Waals surface area contributed by atoms with E-state index in [-0.39, 0.29) is 18.8 Å². The quantitative estimate of drug-likeness (QED) is 0.700. The summed E-state index contributed by atoms with van der Waals surface area (Å²) in [5.74, 6) is -1.11. The minimum Gasteiger partial charge on any atom is -0.508 e. The van der Waals surface area contributed by atoms with Gasteiger partial charge < -0.3 is 20.3 Å². The Morgan fingerprint density at radius 1 is 1.17 bits per heavy atom. The van der Waals surface area contributed by atoms with Crippen LogP contribution in [-0.2, 0) is 22.6 Å². The SMILES string of the molecule is O=C(N[C@@H](Cc1ccc(O)cc1Br)C(=O)O)OCc1ccccc1. The van der Waals surface area contributed by atoms with E-state index in [9.17, 15) is 19.8 Å². The number of rotatable bonds is 6. The van der Waals surface area contributed by atoms with Gasteiger partial charge in [0.05, 0.1) is 0 Å². The zero-order chi connectivity index (χ0) is 17.5. The van der Waals surface area contributed by atoms with Crippen molar-refractivity contribution in [1.29, 1.82) is 0 Å². The third-order valence-corrected chi connectivity index (χ3v) is 4.00. The summed E-state index contributed by atoms with van der Waals surface area (Å²) < 4.78 is 5.59. The first-order chi connectivity index (χ1) is 11.5. The molecule has 0 saturated carbocycles. The Morgan fingerprint density at radius 3 is 2.50 bits per heavy atom. The van der Waals surface area contributed by atoms with Gasteiger partial charge in [0, 0.05) is 10.9 Å². The molecule has 2 rings (SSSR count). The predicted molar refractivity (Wildman–Crippen MR) is 90.7 cm³/mol. The molecule has 0 unspecified atom stereocenters.